The number of benzene rings is 2. The zero-order chi connectivity index (χ0) is 24.3. The van der Waals surface area contributed by atoms with Crippen LogP contribution in [0.15, 0.2) is 42.5 Å². The smallest absolute Gasteiger partial charge is 0.173 e. The molecule has 0 bridgehead atoms. The Morgan fingerprint density at radius 2 is 1.56 bits per heavy atom. The summed E-state index contributed by atoms with van der Waals surface area (Å²) in [7, 11) is 5.08. The minimum atomic E-state index is -0.275. The third-order valence-corrected chi connectivity index (χ3v) is 6.21. The highest BCUT2D eigenvalue weighted by atomic mass is 16.5. The molecule has 0 aliphatic carbocycles. The number of nitrogens with zero attached hydrogens (tertiary/aromatic N) is 6. The van der Waals surface area contributed by atoms with Crippen LogP contribution in [0.3, 0.4) is 0 Å². The normalized spacial score (nSPS) is 15.8. The van der Waals surface area contributed by atoms with E-state index in [1.807, 2.05) is 41.1 Å². The van der Waals surface area contributed by atoms with Gasteiger partial charge in [-0.15, -0.1) is 5.10 Å². The second-order valence-electron chi connectivity index (χ2n) is 9.32. The fraction of sp³-hybridized carbons (Fsp3) is 0.480. The molecule has 0 radical (unpaired) electrons. The van der Waals surface area contributed by atoms with Gasteiger partial charge in [0.15, 0.2) is 5.82 Å². The number of para-hydroxylation sites is 2. The highest BCUT2D eigenvalue weighted by Gasteiger charge is 2.35. The lowest BCUT2D eigenvalue weighted by Gasteiger charge is -2.41. The molecule has 9 heteroatoms. The fourth-order valence-electron chi connectivity index (χ4n) is 4.51. The highest BCUT2D eigenvalue weighted by Crippen LogP contribution is 2.38. The van der Waals surface area contributed by atoms with Gasteiger partial charge < -0.3 is 19.1 Å². The van der Waals surface area contributed by atoms with E-state index in [1.54, 1.807) is 21.3 Å². The van der Waals surface area contributed by atoms with Crippen LogP contribution in [-0.4, -0.2) is 72.6 Å². The summed E-state index contributed by atoms with van der Waals surface area (Å²) in [5.74, 6) is 3.22. The van der Waals surface area contributed by atoms with E-state index in [0.29, 0.717) is 0 Å². The zero-order valence-corrected chi connectivity index (χ0v) is 20.9. The lowest BCUT2D eigenvalue weighted by Crippen LogP contribution is -2.49. The average Bonchev–Trinajstić information content (AvgIpc) is 3.35. The maximum atomic E-state index is 5.77. The van der Waals surface area contributed by atoms with Crippen molar-refractivity contribution < 1.29 is 14.2 Å². The third-order valence-electron chi connectivity index (χ3n) is 6.21. The standard InChI is InChI=1S/C25H34N6O3/c1-25(2,3)31-24(26-27-28-31)23(19-17-18(32-4)11-12-21(19)33-5)30-15-13-29(14-16-30)20-9-7-8-10-22(20)34-6/h7-12,17,23H,13-16H2,1-6H3. The first-order chi connectivity index (χ1) is 16.4. The third kappa shape index (κ3) is 4.65. The fourth-order valence-corrected chi connectivity index (χ4v) is 4.51. The van der Waals surface area contributed by atoms with Crippen molar-refractivity contribution in [2.45, 2.75) is 32.4 Å². The van der Waals surface area contributed by atoms with Gasteiger partial charge in [0.1, 0.15) is 23.3 Å². The molecule has 1 aromatic heterocycles. The number of rotatable bonds is 7. The summed E-state index contributed by atoms with van der Waals surface area (Å²) in [5, 5.41) is 12.9. The Morgan fingerprint density at radius 3 is 2.21 bits per heavy atom. The summed E-state index contributed by atoms with van der Waals surface area (Å²) >= 11 is 0. The number of hydrogen-bond donors (Lipinski definition) is 0. The van der Waals surface area contributed by atoms with Gasteiger partial charge in [-0.05, 0) is 61.5 Å². The molecule has 0 amide bonds. The molecule has 9 nitrogen and oxygen atoms in total. The molecule has 0 saturated carbocycles. The number of methoxy groups -OCH3 is 3. The van der Waals surface area contributed by atoms with E-state index < -0.39 is 0 Å². The van der Waals surface area contributed by atoms with Crippen LogP contribution < -0.4 is 19.1 Å². The van der Waals surface area contributed by atoms with Gasteiger partial charge in [-0.2, -0.15) is 0 Å². The number of hydrogen-bond acceptors (Lipinski definition) is 8. The molecule has 1 fully saturated rings. The number of tetrazole rings is 1. The Kier molecular flexibility index (Phi) is 6.92. The molecule has 2 heterocycles. The molecule has 1 atom stereocenters. The van der Waals surface area contributed by atoms with Crippen molar-refractivity contribution in [2.75, 3.05) is 52.4 Å². The first-order valence-corrected chi connectivity index (χ1v) is 11.5. The quantitative estimate of drug-likeness (QED) is 0.525. The van der Waals surface area contributed by atoms with Gasteiger partial charge in [0.25, 0.3) is 0 Å². The molecule has 1 saturated heterocycles. The monoisotopic (exact) mass is 466 g/mol. The maximum absolute atomic E-state index is 5.77. The molecule has 182 valence electrons. The van der Waals surface area contributed by atoms with E-state index in [1.165, 1.54) is 0 Å². The molecule has 2 aromatic carbocycles. The summed E-state index contributed by atoms with van der Waals surface area (Å²) in [6.45, 7) is 9.64. The Bertz CT molecular complexity index is 1100. The van der Waals surface area contributed by atoms with Crippen LogP contribution in [0.2, 0.25) is 0 Å². The average molecular weight is 467 g/mol. The molecular formula is C25H34N6O3. The minimum absolute atomic E-state index is 0.195. The SMILES string of the molecule is COc1ccc(OC)c(C(c2nnnn2C(C)(C)C)N2CCN(c3ccccc3OC)CC2)c1. The van der Waals surface area contributed by atoms with E-state index in [2.05, 4.69) is 52.2 Å². The molecule has 3 aromatic rings. The van der Waals surface area contributed by atoms with Gasteiger partial charge in [-0.3, -0.25) is 4.90 Å². The Hall–Kier alpha value is -3.33. The van der Waals surface area contributed by atoms with Gasteiger partial charge in [0, 0.05) is 31.7 Å². The van der Waals surface area contributed by atoms with Crippen molar-refractivity contribution in [3.05, 3.63) is 53.9 Å². The highest BCUT2D eigenvalue weighted by molar-refractivity contribution is 5.58. The zero-order valence-electron chi connectivity index (χ0n) is 20.9. The van der Waals surface area contributed by atoms with E-state index in [9.17, 15) is 0 Å². The lowest BCUT2D eigenvalue weighted by molar-refractivity contribution is 0.188. The Labute approximate surface area is 201 Å². The minimum Gasteiger partial charge on any atom is -0.497 e. The molecule has 1 unspecified atom stereocenters. The summed E-state index contributed by atoms with van der Waals surface area (Å²) < 4.78 is 18.8. The summed E-state index contributed by atoms with van der Waals surface area (Å²) in [6, 6.07) is 13.8. The van der Waals surface area contributed by atoms with Gasteiger partial charge in [0.2, 0.25) is 0 Å². The summed E-state index contributed by atoms with van der Waals surface area (Å²) in [5.41, 5.74) is 1.81. The van der Waals surface area contributed by atoms with Crippen LogP contribution in [0.4, 0.5) is 5.69 Å². The first kappa shape index (κ1) is 23.8. The second-order valence-corrected chi connectivity index (χ2v) is 9.32. The van der Waals surface area contributed by atoms with Crippen LogP contribution in [0.5, 0.6) is 17.2 Å². The van der Waals surface area contributed by atoms with E-state index in [-0.39, 0.29) is 11.6 Å². The number of piperazine rings is 1. The largest absolute Gasteiger partial charge is 0.497 e. The van der Waals surface area contributed by atoms with Crippen molar-refractivity contribution >= 4 is 5.69 Å². The van der Waals surface area contributed by atoms with Gasteiger partial charge in [0.05, 0.1) is 32.6 Å². The van der Waals surface area contributed by atoms with Crippen molar-refractivity contribution in [2.24, 2.45) is 0 Å². The molecule has 34 heavy (non-hydrogen) atoms. The lowest BCUT2D eigenvalue weighted by atomic mass is 10.00. The molecule has 1 aliphatic rings. The Morgan fingerprint density at radius 1 is 0.853 bits per heavy atom. The van der Waals surface area contributed by atoms with E-state index >= 15 is 0 Å². The predicted molar refractivity (Wildman–Crippen MR) is 131 cm³/mol. The molecule has 0 N–H and O–H groups in total. The molecular weight excluding hydrogens is 432 g/mol. The van der Waals surface area contributed by atoms with Crippen LogP contribution >= 0.6 is 0 Å². The second kappa shape index (κ2) is 9.89. The van der Waals surface area contributed by atoms with Crippen LogP contribution in [-0.2, 0) is 5.54 Å². The van der Waals surface area contributed by atoms with Gasteiger partial charge >= 0.3 is 0 Å². The topological polar surface area (TPSA) is 77.8 Å². The number of anilines is 1. The first-order valence-electron chi connectivity index (χ1n) is 11.5. The van der Waals surface area contributed by atoms with Gasteiger partial charge in [-0.1, -0.05) is 12.1 Å². The maximum Gasteiger partial charge on any atom is 0.173 e. The molecule has 1 aliphatic heterocycles. The van der Waals surface area contributed by atoms with Crippen LogP contribution in [0, 0.1) is 0 Å². The summed E-state index contributed by atoms with van der Waals surface area (Å²) in [4.78, 5) is 4.78. The predicted octanol–water partition coefficient (Wildman–Crippen LogP) is 3.37. The summed E-state index contributed by atoms with van der Waals surface area (Å²) in [6.07, 6.45) is 0. The van der Waals surface area contributed by atoms with Crippen molar-refractivity contribution in [1.29, 1.82) is 0 Å². The number of ether oxygens (including phenoxy) is 3. The van der Waals surface area contributed by atoms with Gasteiger partial charge in [-0.25, -0.2) is 4.68 Å². The Balaban J connectivity index is 1.72. The van der Waals surface area contributed by atoms with E-state index in [4.69, 9.17) is 14.2 Å². The van der Waals surface area contributed by atoms with Crippen LogP contribution in [0.25, 0.3) is 0 Å². The number of aromatic nitrogens is 4. The van der Waals surface area contributed by atoms with Crippen molar-refractivity contribution in [3.63, 3.8) is 0 Å². The van der Waals surface area contributed by atoms with E-state index in [0.717, 1.165) is 60.5 Å². The van der Waals surface area contributed by atoms with Crippen molar-refractivity contribution in [1.82, 2.24) is 25.1 Å². The molecule has 4 rings (SSSR count). The van der Waals surface area contributed by atoms with Crippen LogP contribution in [0.1, 0.15) is 38.2 Å². The molecule has 0 spiro atoms. The van der Waals surface area contributed by atoms with Crippen molar-refractivity contribution in [3.8, 4) is 17.2 Å².